The molecule has 0 saturated carbocycles. The van der Waals surface area contributed by atoms with Crippen molar-refractivity contribution in [1.29, 1.82) is 0 Å². The molecule has 0 fully saturated rings. The number of nitrogens with one attached hydrogen (secondary N) is 1. The largest absolute Gasteiger partial charge is 0.444 e. The van der Waals surface area contributed by atoms with Crippen molar-refractivity contribution in [2.45, 2.75) is 26.3 Å². The van der Waals surface area contributed by atoms with Crippen molar-refractivity contribution in [3.8, 4) is 0 Å². The molecule has 4 nitrogen and oxygen atoms in total. The molecule has 1 amide bonds. The van der Waals surface area contributed by atoms with Gasteiger partial charge in [0, 0.05) is 5.38 Å². The topological polar surface area (TPSA) is 55.1 Å². The van der Waals surface area contributed by atoms with Gasteiger partial charge in [0.2, 0.25) is 0 Å². The van der Waals surface area contributed by atoms with Crippen LogP contribution in [0.2, 0.25) is 0 Å². The zero-order valence-electron chi connectivity index (χ0n) is 10.1. The number of carbonyl (C=O) groups excluding carboxylic acids is 1. The standard InChI is InChI=1S/C12H13BrN2O2S/c1-3-11-15-8(6-18-11)7(2)14-12(16)9-4-5-10(13)17-9/h4-7H,3H2,1-2H3,(H,14,16). The van der Waals surface area contributed by atoms with Gasteiger partial charge in [-0.05, 0) is 41.4 Å². The van der Waals surface area contributed by atoms with E-state index in [1.54, 1.807) is 23.5 Å². The van der Waals surface area contributed by atoms with Crippen LogP contribution in [0.5, 0.6) is 0 Å². The summed E-state index contributed by atoms with van der Waals surface area (Å²) < 4.78 is 5.74. The second-order valence-corrected chi connectivity index (χ2v) is 5.54. The number of rotatable bonds is 4. The normalized spacial score (nSPS) is 12.4. The predicted molar refractivity (Wildman–Crippen MR) is 73.8 cm³/mol. The molecule has 0 aliphatic rings. The van der Waals surface area contributed by atoms with Crippen LogP contribution in [0.4, 0.5) is 0 Å². The van der Waals surface area contributed by atoms with Crippen LogP contribution in [0.3, 0.4) is 0 Å². The van der Waals surface area contributed by atoms with E-state index in [4.69, 9.17) is 4.42 Å². The van der Waals surface area contributed by atoms with E-state index >= 15 is 0 Å². The lowest BCUT2D eigenvalue weighted by atomic mass is 10.2. The fourth-order valence-electron chi connectivity index (χ4n) is 1.46. The maximum atomic E-state index is 11.9. The number of hydrogen-bond donors (Lipinski definition) is 1. The van der Waals surface area contributed by atoms with Crippen LogP contribution in [-0.2, 0) is 6.42 Å². The monoisotopic (exact) mass is 328 g/mol. The molecule has 96 valence electrons. The summed E-state index contributed by atoms with van der Waals surface area (Å²) in [6.45, 7) is 3.97. The zero-order valence-corrected chi connectivity index (χ0v) is 12.5. The second-order valence-electron chi connectivity index (χ2n) is 3.82. The first-order chi connectivity index (χ1) is 8.60. The Morgan fingerprint density at radius 3 is 2.94 bits per heavy atom. The smallest absolute Gasteiger partial charge is 0.287 e. The van der Waals surface area contributed by atoms with Gasteiger partial charge in [-0.2, -0.15) is 0 Å². The van der Waals surface area contributed by atoms with E-state index in [1.807, 2.05) is 12.3 Å². The van der Waals surface area contributed by atoms with Gasteiger partial charge in [0.15, 0.2) is 10.4 Å². The van der Waals surface area contributed by atoms with Gasteiger partial charge in [-0.1, -0.05) is 6.92 Å². The molecular weight excluding hydrogens is 316 g/mol. The third-order valence-electron chi connectivity index (χ3n) is 2.46. The van der Waals surface area contributed by atoms with Crippen LogP contribution in [0.1, 0.15) is 41.1 Å². The number of thiazole rings is 1. The average Bonchev–Trinajstić information content (AvgIpc) is 2.97. The van der Waals surface area contributed by atoms with Gasteiger partial charge < -0.3 is 9.73 Å². The summed E-state index contributed by atoms with van der Waals surface area (Å²) in [6.07, 6.45) is 0.913. The molecule has 0 saturated heterocycles. The highest BCUT2D eigenvalue weighted by molar-refractivity contribution is 9.10. The second kappa shape index (κ2) is 5.67. The predicted octanol–water partition coefficient (Wildman–Crippen LogP) is 3.55. The number of carbonyl (C=O) groups is 1. The molecule has 1 unspecified atom stereocenters. The molecule has 0 aliphatic carbocycles. The van der Waals surface area contributed by atoms with Crippen molar-refractivity contribution in [3.63, 3.8) is 0 Å². The Kier molecular flexibility index (Phi) is 4.19. The zero-order chi connectivity index (χ0) is 13.1. The van der Waals surface area contributed by atoms with E-state index in [0.717, 1.165) is 17.1 Å². The highest BCUT2D eigenvalue weighted by atomic mass is 79.9. The summed E-state index contributed by atoms with van der Waals surface area (Å²) in [7, 11) is 0. The van der Waals surface area contributed by atoms with Crippen LogP contribution >= 0.6 is 27.3 Å². The first-order valence-electron chi connectivity index (χ1n) is 5.60. The summed E-state index contributed by atoms with van der Waals surface area (Å²) in [5.74, 6) is 0.0546. The maximum Gasteiger partial charge on any atom is 0.287 e. The molecule has 0 bridgehead atoms. The molecule has 0 radical (unpaired) electrons. The van der Waals surface area contributed by atoms with Gasteiger partial charge >= 0.3 is 0 Å². The van der Waals surface area contributed by atoms with Gasteiger partial charge in [-0.25, -0.2) is 4.98 Å². The number of furan rings is 1. The van der Waals surface area contributed by atoms with Gasteiger partial charge in [-0.15, -0.1) is 11.3 Å². The van der Waals surface area contributed by atoms with E-state index in [-0.39, 0.29) is 11.9 Å². The molecule has 18 heavy (non-hydrogen) atoms. The number of nitrogens with zero attached hydrogens (tertiary/aromatic N) is 1. The molecule has 1 N–H and O–H groups in total. The highest BCUT2D eigenvalue weighted by Crippen LogP contribution is 2.18. The summed E-state index contributed by atoms with van der Waals surface area (Å²) in [6, 6.07) is 3.19. The lowest BCUT2D eigenvalue weighted by Crippen LogP contribution is -2.26. The van der Waals surface area contributed by atoms with Crippen LogP contribution in [0.15, 0.2) is 26.6 Å². The van der Waals surface area contributed by atoms with Gasteiger partial charge in [0.1, 0.15) is 0 Å². The van der Waals surface area contributed by atoms with Crippen molar-refractivity contribution in [3.05, 3.63) is 38.6 Å². The van der Waals surface area contributed by atoms with E-state index in [9.17, 15) is 4.79 Å². The molecule has 1 atom stereocenters. The molecule has 0 aromatic carbocycles. The summed E-state index contributed by atoms with van der Waals surface area (Å²) >= 11 is 4.78. The van der Waals surface area contributed by atoms with E-state index in [0.29, 0.717) is 10.4 Å². The summed E-state index contributed by atoms with van der Waals surface area (Å²) in [5.41, 5.74) is 0.885. The van der Waals surface area contributed by atoms with Crippen LogP contribution in [0.25, 0.3) is 0 Å². The lowest BCUT2D eigenvalue weighted by Gasteiger charge is -2.09. The number of aryl methyl sites for hydroxylation is 1. The highest BCUT2D eigenvalue weighted by Gasteiger charge is 2.16. The molecule has 6 heteroatoms. The third kappa shape index (κ3) is 3.00. The number of aromatic nitrogens is 1. The quantitative estimate of drug-likeness (QED) is 0.933. The Morgan fingerprint density at radius 2 is 2.39 bits per heavy atom. The van der Waals surface area contributed by atoms with E-state index < -0.39 is 0 Å². The van der Waals surface area contributed by atoms with Crippen molar-refractivity contribution < 1.29 is 9.21 Å². The minimum absolute atomic E-state index is 0.127. The molecule has 2 heterocycles. The minimum Gasteiger partial charge on any atom is -0.444 e. The Balaban J connectivity index is 2.02. The number of halogens is 1. The fourth-order valence-corrected chi connectivity index (χ4v) is 2.61. The van der Waals surface area contributed by atoms with Crippen LogP contribution in [0, 0.1) is 0 Å². The SMILES string of the molecule is CCc1nc(C(C)NC(=O)c2ccc(Br)o2)cs1. The summed E-state index contributed by atoms with van der Waals surface area (Å²) in [5, 5.41) is 5.90. The van der Waals surface area contributed by atoms with Gasteiger partial charge in [0.25, 0.3) is 5.91 Å². The molecule has 2 rings (SSSR count). The Morgan fingerprint density at radius 1 is 1.61 bits per heavy atom. The van der Waals surface area contributed by atoms with Crippen LogP contribution < -0.4 is 5.32 Å². The van der Waals surface area contributed by atoms with E-state index in [1.165, 1.54) is 0 Å². The molecule has 0 spiro atoms. The lowest BCUT2D eigenvalue weighted by molar-refractivity contribution is 0.0910. The van der Waals surface area contributed by atoms with Crippen molar-refractivity contribution in [1.82, 2.24) is 10.3 Å². The fraction of sp³-hybridized carbons (Fsp3) is 0.333. The van der Waals surface area contributed by atoms with E-state index in [2.05, 4.69) is 33.2 Å². The maximum absolute atomic E-state index is 11.9. The van der Waals surface area contributed by atoms with Gasteiger partial charge in [-0.3, -0.25) is 4.79 Å². The molecular formula is C12H13BrN2O2S. The third-order valence-corrected chi connectivity index (χ3v) is 3.90. The number of amides is 1. The first-order valence-corrected chi connectivity index (χ1v) is 7.28. The average molecular weight is 329 g/mol. The Hall–Kier alpha value is -1.14. The van der Waals surface area contributed by atoms with Crippen LogP contribution in [-0.4, -0.2) is 10.9 Å². The molecule has 0 aliphatic heterocycles. The summed E-state index contributed by atoms with van der Waals surface area (Å²) in [4.78, 5) is 16.3. The molecule has 2 aromatic heterocycles. The van der Waals surface area contributed by atoms with Gasteiger partial charge in [0.05, 0.1) is 16.7 Å². The number of hydrogen-bond acceptors (Lipinski definition) is 4. The minimum atomic E-state index is -0.237. The van der Waals surface area contributed by atoms with Crippen molar-refractivity contribution in [2.75, 3.05) is 0 Å². The molecule has 2 aromatic rings. The van der Waals surface area contributed by atoms with Crippen molar-refractivity contribution >= 4 is 33.2 Å². The van der Waals surface area contributed by atoms with Crippen molar-refractivity contribution in [2.24, 2.45) is 0 Å². The first kappa shape index (κ1) is 13.3. The Bertz CT molecular complexity index is 550. The Labute approximate surface area is 118 Å².